The predicted molar refractivity (Wildman–Crippen MR) is 57.1 cm³/mol. The van der Waals surface area contributed by atoms with Gasteiger partial charge in [0.2, 0.25) is 0 Å². The molecule has 0 aromatic heterocycles. The minimum atomic E-state index is 0.300. The zero-order valence-corrected chi connectivity index (χ0v) is 9.63. The molecule has 3 heteroatoms. The van der Waals surface area contributed by atoms with Gasteiger partial charge in [-0.25, -0.2) is 0 Å². The predicted octanol–water partition coefficient (Wildman–Crippen LogP) is 0.951. The Labute approximate surface area is 82.4 Å². The van der Waals surface area contributed by atoms with E-state index in [4.69, 9.17) is 4.74 Å². The zero-order chi connectivity index (χ0) is 10.3. The third-order valence-corrected chi connectivity index (χ3v) is 2.28. The molecule has 2 atom stereocenters. The van der Waals surface area contributed by atoms with Crippen LogP contribution in [0, 0.1) is 0 Å². The molecular weight excluding hydrogens is 164 g/mol. The van der Waals surface area contributed by atoms with Crippen molar-refractivity contribution >= 4 is 0 Å². The fourth-order valence-electron chi connectivity index (χ4n) is 1.11. The van der Waals surface area contributed by atoms with Crippen LogP contribution in [-0.4, -0.2) is 50.8 Å². The van der Waals surface area contributed by atoms with Gasteiger partial charge < -0.3 is 15.0 Å². The molecule has 0 rings (SSSR count). The van der Waals surface area contributed by atoms with Gasteiger partial charge in [-0.3, -0.25) is 0 Å². The molecule has 3 nitrogen and oxygen atoms in total. The molecule has 0 aliphatic carbocycles. The average Bonchev–Trinajstić information content (AvgIpc) is 2.13. The van der Waals surface area contributed by atoms with E-state index in [-0.39, 0.29) is 0 Å². The third-order valence-electron chi connectivity index (χ3n) is 2.28. The SMILES string of the molecule is CCN(C)CC(C)NCC(C)OC. The lowest BCUT2D eigenvalue weighted by atomic mass is 10.3. The summed E-state index contributed by atoms with van der Waals surface area (Å²) in [5.74, 6) is 0. The van der Waals surface area contributed by atoms with Crippen molar-refractivity contribution in [2.24, 2.45) is 0 Å². The molecule has 0 spiro atoms. The number of hydrogen-bond acceptors (Lipinski definition) is 3. The summed E-state index contributed by atoms with van der Waals surface area (Å²) >= 11 is 0. The fourth-order valence-corrected chi connectivity index (χ4v) is 1.11. The maximum atomic E-state index is 5.16. The highest BCUT2D eigenvalue weighted by atomic mass is 16.5. The van der Waals surface area contributed by atoms with Gasteiger partial charge in [0.1, 0.15) is 0 Å². The average molecular weight is 188 g/mol. The Morgan fingerprint density at radius 2 is 2.00 bits per heavy atom. The Morgan fingerprint density at radius 1 is 1.38 bits per heavy atom. The van der Waals surface area contributed by atoms with Crippen LogP contribution in [0.1, 0.15) is 20.8 Å². The summed E-state index contributed by atoms with van der Waals surface area (Å²) in [5, 5.41) is 3.43. The van der Waals surface area contributed by atoms with E-state index in [0.717, 1.165) is 19.6 Å². The highest BCUT2D eigenvalue weighted by Gasteiger charge is 2.05. The van der Waals surface area contributed by atoms with Gasteiger partial charge >= 0.3 is 0 Å². The molecule has 0 heterocycles. The second-order valence-corrected chi connectivity index (χ2v) is 3.71. The van der Waals surface area contributed by atoms with Crippen LogP contribution < -0.4 is 5.32 Å². The van der Waals surface area contributed by atoms with Gasteiger partial charge in [0, 0.05) is 26.2 Å². The first-order chi connectivity index (χ1) is 6.10. The van der Waals surface area contributed by atoms with Gasteiger partial charge in [0.15, 0.2) is 0 Å². The molecule has 0 fully saturated rings. The quantitative estimate of drug-likeness (QED) is 0.644. The number of methoxy groups -OCH3 is 1. The summed E-state index contributed by atoms with van der Waals surface area (Å²) in [7, 11) is 3.88. The van der Waals surface area contributed by atoms with Gasteiger partial charge in [0.05, 0.1) is 6.10 Å². The van der Waals surface area contributed by atoms with E-state index in [1.54, 1.807) is 7.11 Å². The van der Waals surface area contributed by atoms with E-state index >= 15 is 0 Å². The molecule has 0 saturated carbocycles. The van der Waals surface area contributed by atoms with Crippen LogP contribution in [0.4, 0.5) is 0 Å². The first-order valence-corrected chi connectivity index (χ1v) is 5.04. The largest absolute Gasteiger partial charge is 0.380 e. The third kappa shape index (κ3) is 6.99. The maximum Gasteiger partial charge on any atom is 0.0667 e. The van der Waals surface area contributed by atoms with E-state index in [1.165, 1.54) is 0 Å². The van der Waals surface area contributed by atoms with Gasteiger partial charge in [0.25, 0.3) is 0 Å². The van der Waals surface area contributed by atoms with Crippen LogP contribution in [-0.2, 0) is 4.74 Å². The summed E-state index contributed by atoms with van der Waals surface area (Å²) in [6.07, 6.45) is 0.300. The number of rotatable bonds is 7. The maximum absolute atomic E-state index is 5.16. The lowest BCUT2D eigenvalue weighted by Gasteiger charge is -2.22. The van der Waals surface area contributed by atoms with Crippen LogP contribution in [0.3, 0.4) is 0 Å². The van der Waals surface area contributed by atoms with E-state index in [0.29, 0.717) is 12.1 Å². The van der Waals surface area contributed by atoms with Gasteiger partial charge in [-0.1, -0.05) is 6.92 Å². The Hall–Kier alpha value is -0.120. The Morgan fingerprint density at radius 3 is 2.46 bits per heavy atom. The Bertz CT molecular complexity index is 119. The van der Waals surface area contributed by atoms with E-state index in [9.17, 15) is 0 Å². The highest BCUT2D eigenvalue weighted by molar-refractivity contribution is 4.66. The van der Waals surface area contributed by atoms with E-state index in [2.05, 4.69) is 38.0 Å². The minimum absolute atomic E-state index is 0.300. The normalized spacial score (nSPS) is 16.2. The topological polar surface area (TPSA) is 24.5 Å². The fraction of sp³-hybridized carbons (Fsp3) is 1.00. The van der Waals surface area contributed by atoms with Gasteiger partial charge in [-0.05, 0) is 27.4 Å². The molecule has 1 N–H and O–H groups in total. The molecule has 80 valence electrons. The van der Waals surface area contributed by atoms with Gasteiger partial charge in [-0.15, -0.1) is 0 Å². The Balaban J connectivity index is 3.45. The molecule has 0 amide bonds. The van der Waals surface area contributed by atoms with Crippen LogP contribution in [0.15, 0.2) is 0 Å². The first-order valence-electron chi connectivity index (χ1n) is 5.04. The van der Waals surface area contributed by atoms with Gasteiger partial charge in [-0.2, -0.15) is 0 Å². The smallest absolute Gasteiger partial charge is 0.0667 e. The number of likely N-dealkylation sites (N-methyl/N-ethyl adjacent to an activating group) is 1. The van der Waals surface area contributed by atoms with Crippen molar-refractivity contribution in [2.75, 3.05) is 33.8 Å². The molecular formula is C10H24N2O. The minimum Gasteiger partial charge on any atom is -0.380 e. The molecule has 0 bridgehead atoms. The second kappa shape index (κ2) is 7.30. The number of ether oxygens (including phenoxy) is 1. The summed E-state index contributed by atoms with van der Waals surface area (Å²) in [4.78, 5) is 2.30. The summed E-state index contributed by atoms with van der Waals surface area (Å²) in [5.41, 5.74) is 0. The van der Waals surface area contributed by atoms with Crippen molar-refractivity contribution in [2.45, 2.75) is 32.9 Å². The molecule has 2 unspecified atom stereocenters. The lowest BCUT2D eigenvalue weighted by Crippen LogP contribution is -2.40. The number of nitrogens with zero attached hydrogens (tertiary/aromatic N) is 1. The van der Waals surface area contributed by atoms with Crippen molar-refractivity contribution in [3.63, 3.8) is 0 Å². The van der Waals surface area contributed by atoms with Crippen molar-refractivity contribution in [3.8, 4) is 0 Å². The number of hydrogen-bond donors (Lipinski definition) is 1. The monoisotopic (exact) mass is 188 g/mol. The van der Waals surface area contributed by atoms with Crippen LogP contribution in [0.2, 0.25) is 0 Å². The van der Waals surface area contributed by atoms with Crippen molar-refractivity contribution in [1.82, 2.24) is 10.2 Å². The lowest BCUT2D eigenvalue weighted by molar-refractivity contribution is 0.113. The summed E-state index contributed by atoms with van der Waals surface area (Å²) in [6, 6.07) is 0.530. The van der Waals surface area contributed by atoms with Crippen LogP contribution >= 0.6 is 0 Å². The zero-order valence-electron chi connectivity index (χ0n) is 9.63. The molecule has 0 radical (unpaired) electrons. The van der Waals surface area contributed by atoms with Crippen molar-refractivity contribution < 1.29 is 4.74 Å². The second-order valence-electron chi connectivity index (χ2n) is 3.71. The van der Waals surface area contributed by atoms with E-state index in [1.807, 2.05) is 0 Å². The Kier molecular flexibility index (Phi) is 7.23. The molecule has 0 aliphatic heterocycles. The van der Waals surface area contributed by atoms with Crippen molar-refractivity contribution in [3.05, 3.63) is 0 Å². The van der Waals surface area contributed by atoms with Crippen molar-refractivity contribution in [1.29, 1.82) is 0 Å². The number of nitrogens with one attached hydrogen (secondary N) is 1. The van der Waals surface area contributed by atoms with Crippen LogP contribution in [0.25, 0.3) is 0 Å². The molecule has 0 saturated heterocycles. The molecule has 0 aliphatic rings. The highest BCUT2D eigenvalue weighted by Crippen LogP contribution is 1.90. The molecule has 0 aromatic rings. The molecule has 13 heavy (non-hydrogen) atoms. The van der Waals surface area contributed by atoms with Crippen LogP contribution in [0.5, 0.6) is 0 Å². The summed E-state index contributed by atoms with van der Waals surface area (Å²) < 4.78 is 5.16. The first kappa shape index (κ1) is 12.9. The van der Waals surface area contributed by atoms with E-state index < -0.39 is 0 Å². The molecule has 0 aromatic carbocycles. The summed E-state index contributed by atoms with van der Waals surface area (Å²) in [6.45, 7) is 9.57. The standard InChI is InChI=1S/C10H24N2O/c1-6-12(4)8-9(2)11-7-10(3)13-5/h9-11H,6-8H2,1-5H3.